The van der Waals surface area contributed by atoms with Crippen LogP contribution in [0.2, 0.25) is 0 Å². The van der Waals surface area contributed by atoms with Gasteiger partial charge in [0, 0.05) is 0 Å². The molecule has 0 aliphatic carbocycles. The molecule has 0 aromatic heterocycles. The van der Waals surface area contributed by atoms with Crippen molar-refractivity contribution in [2.24, 2.45) is 0 Å². The Hall–Kier alpha value is -1.60. The summed E-state index contributed by atoms with van der Waals surface area (Å²) >= 11 is 0. The third-order valence-electron chi connectivity index (χ3n) is 1.58. The number of carboxylic acids is 1. The van der Waals surface area contributed by atoms with Crippen molar-refractivity contribution in [3.05, 3.63) is 12.7 Å². The number of rotatable bonds is 6. The number of amides is 1. The summed E-state index contributed by atoms with van der Waals surface area (Å²) in [6.45, 7) is 3.14. The molecule has 92 valence electrons. The van der Waals surface area contributed by atoms with Gasteiger partial charge in [0.05, 0.1) is 0 Å². The number of hydrogen-bond donors (Lipinski definition) is 2. The van der Waals surface area contributed by atoms with Crippen LogP contribution in [0.5, 0.6) is 0 Å². The van der Waals surface area contributed by atoms with Crippen LogP contribution in [0.25, 0.3) is 0 Å². The first-order valence-electron chi connectivity index (χ1n) is 4.04. The average Bonchev–Trinajstić information content (AvgIpc) is 2.16. The zero-order valence-corrected chi connectivity index (χ0v) is 7.92. The molecule has 0 radical (unpaired) electrons. The first-order chi connectivity index (χ1) is 7.23. The van der Waals surface area contributed by atoms with Crippen LogP contribution in [0, 0.1) is 0 Å². The highest BCUT2D eigenvalue weighted by molar-refractivity contribution is 5.88. The van der Waals surface area contributed by atoms with Crippen LogP contribution in [0.1, 0.15) is 6.42 Å². The molecule has 2 N–H and O–H groups in total. The highest BCUT2D eigenvalue weighted by Gasteiger charge is 2.49. The summed E-state index contributed by atoms with van der Waals surface area (Å²) in [4.78, 5) is 21.1. The van der Waals surface area contributed by atoms with Crippen LogP contribution in [0.3, 0.4) is 0 Å². The zero-order valence-electron chi connectivity index (χ0n) is 7.92. The molecule has 0 spiro atoms. The van der Waals surface area contributed by atoms with E-state index in [1.165, 1.54) is 5.32 Å². The third kappa shape index (κ3) is 3.52. The Bertz CT molecular complexity index is 293. The van der Waals surface area contributed by atoms with Crippen molar-refractivity contribution in [2.45, 2.75) is 24.8 Å². The fraction of sp³-hybridized carbons (Fsp3) is 0.500. The van der Waals surface area contributed by atoms with E-state index in [1.54, 1.807) is 0 Å². The predicted molar refractivity (Wildman–Crippen MR) is 45.3 cm³/mol. The first kappa shape index (κ1) is 14.4. The van der Waals surface area contributed by atoms with E-state index in [-0.39, 0.29) is 6.42 Å². The molecule has 1 amide bonds. The lowest BCUT2D eigenvalue weighted by molar-refractivity contribution is -0.171. The van der Waals surface area contributed by atoms with E-state index in [2.05, 4.69) is 6.58 Å². The molecule has 1 atom stereocenters. The summed E-state index contributed by atoms with van der Waals surface area (Å²) < 4.78 is 48.3. The maximum Gasteiger partial charge on any atom is 0.383 e. The van der Waals surface area contributed by atoms with E-state index in [4.69, 9.17) is 5.11 Å². The summed E-state index contributed by atoms with van der Waals surface area (Å²) in [6, 6.07) is -1.70. The van der Waals surface area contributed by atoms with E-state index in [0.29, 0.717) is 0 Å². The highest BCUT2D eigenvalue weighted by atomic mass is 19.3. The van der Waals surface area contributed by atoms with Crippen LogP contribution >= 0.6 is 0 Å². The maximum absolute atomic E-state index is 12.4. The molecule has 4 nitrogen and oxygen atoms in total. The van der Waals surface area contributed by atoms with Crippen LogP contribution in [-0.2, 0) is 9.59 Å². The van der Waals surface area contributed by atoms with Gasteiger partial charge in [-0.2, -0.15) is 8.78 Å². The Morgan fingerprint density at radius 2 is 1.94 bits per heavy atom. The standard InChI is InChI=1S/C8H9F4NO3/c1-2-3-4(5(14)15)13-7(16)8(11,12)6(9)10/h2,4,6H,1,3H2,(H,13,16)(H,14,15). The molecule has 0 saturated carbocycles. The summed E-state index contributed by atoms with van der Waals surface area (Å²) in [6.07, 6.45) is -3.48. The van der Waals surface area contributed by atoms with Gasteiger partial charge in [-0.25, -0.2) is 13.6 Å². The first-order valence-corrected chi connectivity index (χ1v) is 4.04. The van der Waals surface area contributed by atoms with Gasteiger partial charge in [0.15, 0.2) is 0 Å². The fourth-order valence-corrected chi connectivity index (χ4v) is 0.742. The number of carbonyl (C=O) groups is 2. The normalized spacial score (nSPS) is 13.3. The van der Waals surface area contributed by atoms with Crippen LogP contribution in [0.4, 0.5) is 17.6 Å². The number of carboxylic acid groups (broad SMARTS) is 1. The highest BCUT2D eigenvalue weighted by Crippen LogP contribution is 2.23. The van der Waals surface area contributed by atoms with Crippen molar-refractivity contribution in [3.8, 4) is 0 Å². The number of carbonyl (C=O) groups excluding carboxylic acids is 1. The van der Waals surface area contributed by atoms with Crippen molar-refractivity contribution < 1.29 is 32.3 Å². The fourth-order valence-electron chi connectivity index (χ4n) is 0.742. The molecule has 0 fully saturated rings. The molecule has 0 heterocycles. The summed E-state index contributed by atoms with van der Waals surface area (Å²) in [5.74, 6) is -8.84. The molecule has 16 heavy (non-hydrogen) atoms. The number of alkyl halides is 4. The van der Waals surface area contributed by atoms with Gasteiger partial charge in [-0.3, -0.25) is 4.79 Å². The quantitative estimate of drug-likeness (QED) is 0.541. The van der Waals surface area contributed by atoms with E-state index in [1.807, 2.05) is 0 Å². The number of halogens is 4. The minimum Gasteiger partial charge on any atom is -0.480 e. The van der Waals surface area contributed by atoms with Gasteiger partial charge in [-0.1, -0.05) is 6.08 Å². The maximum atomic E-state index is 12.4. The SMILES string of the molecule is C=CCC(NC(=O)C(F)(F)C(F)F)C(=O)O. The van der Waals surface area contributed by atoms with Gasteiger partial charge >= 0.3 is 18.3 Å². The molecule has 0 saturated heterocycles. The van der Waals surface area contributed by atoms with Gasteiger partial charge in [-0.15, -0.1) is 6.58 Å². The average molecular weight is 243 g/mol. The summed E-state index contributed by atoms with van der Waals surface area (Å²) in [5, 5.41) is 9.76. The lowest BCUT2D eigenvalue weighted by atomic mass is 10.2. The minimum absolute atomic E-state index is 0.347. The van der Waals surface area contributed by atoms with E-state index < -0.39 is 30.3 Å². The van der Waals surface area contributed by atoms with E-state index >= 15 is 0 Å². The summed E-state index contributed by atoms with van der Waals surface area (Å²) in [5.41, 5.74) is 0. The molecule has 0 rings (SSSR count). The smallest absolute Gasteiger partial charge is 0.383 e. The Labute approximate surface area is 87.9 Å². The molecule has 0 aliphatic heterocycles. The number of nitrogens with one attached hydrogen (secondary N) is 1. The largest absolute Gasteiger partial charge is 0.480 e. The summed E-state index contributed by atoms with van der Waals surface area (Å²) in [7, 11) is 0. The molecule has 0 aromatic rings. The molecule has 0 aliphatic rings. The van der Waals surface area contributed by atoms with Gasteiger partial charge in [0.1, 0.15) is 6.04 Å². The van der Waals surface area contributed by atoms with E-state index in [9.17, 15) is 27.2 Å². The molecule has 8 heteroatoms. The lowest BCUT2D eigenvalue weighted by Crippen LogP contribution is -2.51. The topological polar surface area (TPSA) is 66.4 Å². The number of hydrogen-bond acceptors (Lipinski definition) is 2. The van der Waals surface area contributed by atoms with Gasteiger partial charge in [-0.05, 0) is 6.42 Å². The molecular weight excluding hydrogens is 234 g/mol. The van der Waals surface area contributed by atoms with Crippen LogP contribution in [0.15, 0.2) is 12.7 Å². The monoisotopic (exact) mass is 243 g/mol. The van der Waals surface area contributed by atoms with Crippen molar-refractivity contribution in [1.82, 2.24) is 5.32 Å². The molecule has 1 unspecified atom stereocenters. The van der Waals surface area contributed by atoms with Gasteiger partial charge < -0.3 is 10.4 Å². The second-order valence-corrected chi connectivity index (χ2v) is 2.81. The Morgan fingerprint density at radius 3 is 2.25 bits per heavy atom. The van der Waals surface area contributed by atoms with Crippen molar-refractivity contribution in [2.75, 3.05) is 0 Å². The van der Waals surface area contributed by atoms with Gasteiger partial charge in [0.25, 0.3) is 5.91 Å². The second-order valence-electron chi connectivity index (χ2n) is 2.81. The van der Waals surface area contributed by atoms with Gasteiger partial charge in [0.2, 0.25) is 0 Å². The Kier molecular flexibility index (Phi) is 4.93. The Morgan fingerprint density at radius 1 is 1.44 bits per heavy atom. The minimum atomic E-state index is -4.91. The van der Waals surface area contributed by atoms with Crippen molar-refractivity contribution in [3.63, 3.8) is 0 Å². The van der Waals surface area contributed by atoms with Crippen molar-refractivity contribution >= 4 is 11.9 Å². The molecule has 0 bridgehead atoms. The Balaban J connectivity index is 4.64. The predicted octanol–water partition coefficient (Wildman–Crippen LogP) is 1.03. The van der Waals surface area contributed by atoms with Crippen LogP contribution in [-0.4, -0.2) is 35.4 Å². The third-order valence-corrected chi connectivity index (χ3v) is 1.58. The van der Waals surface area contributed by atoms with Crippen molar-refractivity contribution in [1.29, 1.82) is 0 Å². The lowest BCUT2D eigenvalue weighted by Gasteiger charge is -2.18. The van der Waals surface area contributed by atoms with Crippen LogP contribution < -0.4 is 5.32 Å². The molecule has 0 aromatic carbocycles. The second kappa shape index (κ2) is 5.47. The molecular formula is C8H9F4NO3. The zero-order chi connectivity index (χ0) is 12.9. The van der Waals surface area contributed by atoms with E-state index in [0.717, 1.165) is 6.08 Å². The number of aliphatic carboxylic acids is 1.